The summed E-state index contributed by atoms with van der Waals surface area (Å²) in [5.41, 5.74) is 8.92. The second kappa shape index (κ2) is 9.86. The van der Waals surface area contributed by atoms with E-state index < -0.39 is 29.2 Å². The van der Waals surface area contributed by atoms with Gasteiger partial charge < -0.3 is 30.8 Å². The number of nitrogens with two attached hydrogens (primary N) is 1. The van der Waals surface area contributed by atoms with Gasteiger partial charge in [0.05, 0.1) is 0 Å². The molecule has 1 unspecified atom stereocenters. The lowest BCUT2D eigenvalue weighted by Crippen LogP contribution is -2.71. The van der Waals surface area contributed by atoms with Gasteiger partial charge in [0.25, 0.3) is 11.8 Å². The van der Waals surface area contributed by atoms with E-state index in [-0.39, 0.29) is 28.9 Å². The zero-order valence-electron chi connectivity index (χ0n) is 20.4. The number of amides is 2. The molecule has 5 heterocycles. The van der Waals surface area contributed by atoms with E-state index in [2.05, 4.69) is 30.4 Å². The average Bonchev–Trinajstić information content (AvgIpc) is 3.50. The van der Waals surface area contributed by atoms with E-state index in [9.17, 15) is 19.5 Å². The van der Waals surface area contributed by atoms with Crippen molar-refractivity contribution < 1.29 is 24.3 Å². The number of rotatable bonds is 8. The van der Waals surface area contributed by atoms with Crippen LogP contribution in [0.5, 0.6) is 0 Å². The van der Waals surface area contributed by atoms with Gasteiger partial charge in [-0.3, -0.25) is 19.9 Å². The normalized spacial score (nSPS) is 22.2. The van der Waals surface area contributed by atoms with Gasteiger partial charge in [0.15, 0.2) is 11.0 Å². The number of thioether (sulfide) groups is 1. The molecule has 1 fully saturated rings. The lowest BCUT2D eigenvalue weighted by Gasteiger charge is -2.49. The fourth-order valence-electron chi connectivity index (χ4n) is 4.10. The van der Waals surface area contributed by atoms with Gasteiger partial charge in [-0.1, -0.05) is 5.16 Å². The van der Waals surface area contributed by atoms with Crippen molar-refractivity contribution in [3.8, 4) is 0 Å². The number of hydrogen-bond donors (Lipinski definition) is 4. The first-order valence-corrected chi connectivity index (χ1v) is 12.9. The van der Waals surface area contributed by atoms with Gasteiger partial charge in [-0.25, -0.2) is 4.79 Å². The number of hydrazone groups is 1. The number of hydrazine groups is 1. The minimum absolute atomic E-state index is 0.0411. The number of nitrogens with zero attached hydrogens (tertiary/aromatic N) is 8. The summed E-state index contributed by atoms with van der Waals surface area (Å²) in [7, 11) is 5.04. The molecular formula is C20H23N11O5S2. The van der Waals surface area contributed by atoms with Crippen LogP contribution in [-0.2, 0) is 19.2 Å². The molecule has 0 radical (unpaired) electrons. The number of aromatic nitrogens is 2. The molecule has 2 amide bonds. The molecule has 1 aromatic rings. The molecule has 16 nitrogen and oxygen atoms in total. The Hall–Kier alpha value is -4.32. The van der Waals surface area contributed by atoms with E-state index >= 15 is 0 Å². The average molecular weight is 562 g/mol. The lowest BCUT2D eigenvalue weighted by atomic mass is 10.0. The first kappa shape index (κ1) is 25.3. The SMILES string of the molecule is CO/N=C(\C(=O)NC1C(=O)N2C(C(=O)O)=C(CN3C=NN4NC(N(C)C)=CC=C34)CS[C@@H]12)c1nsc(N)n1. The fraction of sp³-hybridized carbons (Fsp3) is 0.350. The highest BCUT2D eigenvalue weighted by Crippen LogP contribution is 2.41. The van der Waals surface area contributed by atoms with Gasteiger partial charge in [0.1, 0.15) is 36.4 Å². The molecule has 200 valence electrons. The van der Waals surface area contributed by atoms with E-state index in [1.165, 1.54) is 23.8 Å². The first-order chi connectivity index (χ1) is 18.2. The summed E-state index contributed by atoms with van der Waals surface area (Å²) in [5.74, 6) is -0.698. The van der Waals surface area contributed by atoms with Gasteiger partial charge in [0.2, 0.25) is 11.5 Å². The monoisotopic (exact) mass is 561 g/mol. The van der Waals surface area contributed by atoms with Crippen LogP contribution >= 0.6 is 23.3 Å². The number of carboxylic acid groups (broad SMARTS) is 1. The molecule has 2 atom stereocenters. The molecule has 0 aromatic carbocycles. The number of fused-ring (bicyclic) bond motifs is 2. The minimum Gasteiger partial charge on any atom is -0.477 e. The topological polar surface area (TPSA) is 194 Å². The maximum absolute atomic E-state index is 13.1. The first-order valence-electron chi connectivity index (χ1n) is 11.1. The van der Waals surface area contributed by atoms with Crippen molar-refractivity contribution >= 4 is 58.3 Å². The maximum atomic E-state index is 13.1. The van der Waals surface area contributed by atoms with Gasteiger partial charge in [-0.05, 0) is 17.7 Å². The number of hydrogen-bond acceptors (Lipinski definition) is 15. The molecule has 5 rings (SSSR count). The van der Waals surface area contributed by atoms with Gasteiger partial charge in [0, 0.05) is 37.9 Å². The number of nitrogens with one attached hydrogen (secondary N) is 2. The Kier molecular flexibility index (Phi) is 6.57. The minimum atomic E-state index is -1.23. The van der Waals surface area contributed by atoms with Crippen molar-refractivity contribution in [2.45, 2.75) is 11.4 Å². The zero-order chi connectivity index (χ0) is 27.1. The summed E-state index contributed by atoms with van der Waals surface area (Å²) in [6.07, 6.45) is 5.34. The molecule has 0 bridgehead atoms. The molecular weight excluding hydrogens is 538 g/mol. The van der Waals surface area contributed by atoms with Crippen LogP contribution in [0.4, 0.5) is 5.13 Å². The summed E-state index contributed by atoms with van der Waals surface area (Å²) in [5, 5.41) is 21.7. The fourth-order valence-corrected chi connectivity index (χ4v) is 5.87. The largest absolute Gasteiger partial charge is 0.477 e. The van der Waals surface area contributed by atoms with Crippen LogP contribution in [0.3, 0.4) is 0 Å². The summed E-state index contributed by atoms with van der Waals surface area (Å²) in [6, 6.07) is -0.967. The van der Waals surface area contributed by atoms with Crippen LogP contribution in [0.15, 0.2) is 45.3 Å². The molecule has 38 heavy (non-hydrogen) atoms. The Morgan fingerprint density at radius 1 is 1.39 bits per heavy atom. The number of carbonyl (C=O) groups is 3. The van der Waals surface area contributed by atoms with Crippen LogP contribution in [0.2, 0.25) is 0 Å². The van der Waals surface area contributed by atoms with Crippen LogP contribution in [0.25, 0.3) is 0 Å². The van der Waals surface area contributed by atoms with E-state index in [1.807, 2.05) is 31.1 Å². The van der Waals surface area contributed by atoms with Crippen molar-refractivity contribution in [1.82, 2.24) is 39.9 Å². The summed E-state index contributed by atoms with van der Waals surface area (Å²) in [6.45, 7) is 0.211. The van der Waals surface area contributed by atoms with Crippen LogP contribution < -0.4 is 16.5 Å². The van der Waals surface area contributed by atoms with Crippen molar-refractivity contribution in [1.29, 1.82) is 0 Å². The van der Waals surface area contributed by atoms with E-state index in [4.69, 9.17) is 10.6 Å². The van der Waals surface area contributed by atoms with Gasteiger partial charge >= 0.3 is 5.97 Å². The smallest absolute Gasteiger partial charge is 0.352 e. The van der Waals surface area contributed by atoms with E-state index in [0.29, 0.717) is 17.1 Å². The van der Waals surface area contributed by atoms with Crippen molar-refractivity contribution in [2.24, 2.45) is 10.3 Å². The second-order valence-electron chi connectivity index (χ2n) is 8.45. The number of anilines is 1. The van der Waals surface area contributed by atoms with Crippen molar-refractivity contribution in [2.75, 3.05) is 39.2 Å². The highest BCUT2D eigenvalue weighted by atomic mass is 32.2. The molecule has 1 saturated heterocycles. The number of nitrogen functional groups attached to an aromatic ring is 1. The Bertz CT molecular complexity index is 1350. The number of carboxylic acids is 1. The summed E-state index contributed by atoms with van der Waals surface area (Å²) in [4.78, 5) is 51.8. The van der Waals surface area contributed by atoms with Crippen LogP contribution in [0, 0.1) is 0 Å². The van der Waals surface area contributed by atoms with Crippen molar-refractivity contribution in [3.63, 3.8) is 0 Å². The highest BCUT2D eigenvalue weighted by Gasteiger charge is 2.54. The Labute approximate surface area is 224 Å². The molecule has 5 N–H and O–H groups in total. The predicted octanol–water partition coefficient (Wildman–Crippen LogP) is -1.47. The molecule has 4 aliphatic rings. The summed E-state index contributed by atoms with van der Waals surface area (Å²) < 4.78 is 3.96. The molecule has 0 saturated carbocycles. The molecule has 0 spiro atoms. The molecule has 4 aliphatic heterocycles. The zero-order valence-corrected chi connectivity index (χ0v) is 22.0. The van der Waals surface area contributed by atoms with E-state index in [0.717, 1.165) is 17.4 Å². The number of carbonyl (C=O) groups excluding carboxylic acids is 2. The van der Waals surface area contributed by atoms with Crippen LogP contribution in [0.1, 0.15) is 5.82 Å². The quantitative estimate of drug-likeness (QED) is 0.163. The lowest BCUT2D eigenvalue weighted by molar-refractivity contribution is -0.150. The number of aliphatic carboxylic acids is 1. The van der Waals surface area contributed by atoms with Gasteiger partial charge in [-0.15, -0.1) is 16.9 Å². The third-order valence-corrected chi connectivity index (χ3v) is 7.74. The number of oxime groups is 1. The second-order valence-corrected chi connectivity index (χ2v) is 10.3. The number of allylic oxidation sites excluding steroid dienone is 2. The predicted molar refractivity (Wildman–Crippen MR) is 138 cm³/mol. The Balaban J connectivity index is 1.32. The standard InChI is InChI=1S/C20H23N11O5S2/c1-28(2)10-4-5-11-29(8-22-31(11)25-10)6-9-7-37-18-13(17(33)30(18)14(9)19(34)35)23-16(32)12(26-36-3)15-24-20(21)38-27-15/h4-5,8,13,18,25H,6-7H2,1-3H3,(H,23,32)(H,34,35)(H2,21,24,27)/b26-12-/t13?,18-/m0/s1. The summed E-state index contributed by atoms with van der Waals surface area (Å²) >= 11 is 2.23. The van der Waals surface area contributed by atoms with Crippen molar-refractivity contribution in [3.05, 3.63) is 40.9 Å². The highest BCUT2D eigenvalue weighted by molar-refractivity contribution is 8.00. The molecule has 0 aliphatic carbocycles. The molecule has 1 aromatic heterocycles. The Morgan fingerprint density at radius 2 is 2.18 bits per heavy atom. The maximum Gasteiger partial charge on any atom is 0.352 e. The third kappa shape index (κ3) is 4.36. The third-order valence-electron chi connectivity index (χ3n) is 5.86. The van der Waals surface area contributed by atoms with E-state index in [1.54, 1.807) is 16.4 Å². The molecule has 18 heteroatoms. The number of β-lactam (4-membered cyclic amide) rings is 1. The van der Waals surface area contributed by atoms with Gasteiger partial charge in [-0.2, -0.15) is 14.5 Å². The van der Waals surface area contributed by atoms with Crippen LogP contribution in [-0.4, -0.2) is 109 Å². The Morgan fingerprint density at radius 3 is 2.84 bits per heavy atom.